The Morgan fingerprint density at radius 1 is 1.16 bits per heavy atom. The van der Waals surface area contributed by atoms with Crippen molar-refractivity contribution in [3.8, 4) is 0 Å². The van der Waals surface area contributed by atoms with Gasteiger partial charge in [-0.05, 0) is 32.1 Å². The van der Waals surface area contributed by atoms with Crippen LogP contribution in [0.1, 0.15) is 53.4 Å². The van der Waals surface area contributed by atoms with Gasteiger partial charge in [-0.3, -0.25) is 4.79 Å². The third kappa shape index (κ3) is 2.58. The Balaban J connectivity index is 2.02. The van der Waals surface area contributed by atoms with Crippen molar-refractivity contribution in [3.63, 3.8) is 0 Å². The number of carbonyl (C=O) groups excluding carboxylic acids is 1. The van der Waals surface area contributed by atoms with Crippen LogP contribution < -0.4 is 0 Å². The second-order valence-electron chi connectivity index (χ2n) is 6.80. The first kappa shape index (κ1) is 14.9. The van der Waals surface area contributed by atoms with E-state index < -0.39 is 16.8 Å². The molecule has 1 N–H and O–H groups in total. The summed E-state index contributed by atoms with van der Waals surface area (Å²) < 4.78 is 11.2. The molecule has 0 aromatic heterocycles. The molecule has 110 valence electrons. The van der Waals surface area contributed by atoms with Crippen LogP contribution in [0.2, 0.25) is 0 Å². The van der Waals surface area contributed by atoms with E-state index in [-0.39, 0.29) is 11.7 Å². The van der Waals surface area contributed by atoms with Crippen LogP contribution in [0.3, 0.4) is 0 Å². The summed E-state index contributed by atoms with van der Waals surface area (Å²) in [6.45, 7) is 8.96. The van der Waals surface area contributed by atoms with Crippen molar-refractivity contribution in [1.82, 2.24) is 0 Å². The van der Waals surface area contributed by atoms with Gasteiger partial charge in [0.1, 0.15) is 5.60 Å². The third-order valence-electron chi connectivity index (χ3n) is 4.98. The first-order chi connectivity index (χ1) is 8.72. The topological polar surface area (TPSA) is 55.8 Å². The summed E-state index contributed by atoms with van der Waals surface area (Å²) in [6, 6.07) is 0. The van der Waals surface area contributed by atoms with Crippen LogP contribution in [-0.2, 0) is 14.3 Å². The molecule has 1 saturated heterocycles. The molecule has 1 aliphatic heterocycles. The largest absolute Gasteiger partial charge is 0.382 e. The first-order valence-corrected chi connectivity index (χ1v) is 7.27. The van der Waals surface area contributed by atoms with E-state index in [0.717, 1.165) is 6.42 Å². The number of hydrogen-bond donors (Lipinski definition) is 1. The van der Waals surface area contributed by atoms with E-state index in [1.165, 1.54) is 0 Å². The van der Waals surface area contributed by atoms with E-state index in [0.29, 0.717) is 32.5 Å². The number of ether oxygens (including phenoxy) is 2. The van der Waals surface area contributed by atoms with Crippen molar-refractivity contribution in [2.24, 2.45) is 11.3 Å². The van der Waals surface area contributed by atoms with E-state index in [9.17, 15) is 9.90 Å². The number of hydrogen-bond acceptors (Lipinski definition) is 4. The maximum Gasteiger partial charge on any atom is 0.170 e. The van der Waals surface area contributed by atoms with Crippen LogP contribution in [0.25, 0.3) is 0 Å². The molecule has 4 nitrogen and oxygen atoms in total. The second-order valence-corrected chi connectivity index (χ2v) is 6.80. The van der Waals surface area contributed by atoms with E-state index in [2.05, 4.69) is 0 Å². The van der Waals surface area contributed by atoms with E-state index in [1.807, 2.05) is 27.7 Å². The molecule has 1 saturated carbocycles. The highest BCUT2D eigenvalue weighted by molar-refractivity contribution is 5.94. The molecule has 2 atom stereocenters. The van der Waals surface area contributed by atoms with E-state index in [4.69, 9.17) is 9.47 Å². The average molecular weight is 270 g/mol. The van der Waals surface area contributed by atoms with Gasteiger partial charge in [-0.25, -0.2) is 0 Å². The molecule has 0 radical (unpaired) electrons. The smallest absolute Gasteiger partial charge is 0.170 e. The van der Waals surface area contributed by atoms with Gasteiger partial charge in [0.25, 0.3) is 0 Å². The third-order valence-corrected chi connectivity index (χ3v) is 4.98. The highest BCUT2D eigenvalue weighted by Crippen LogP contribution is 2.47. The summed E-state index contributed by atoms with van der Waals surface area (Å²) in [4.78, 5) is 12.6. The van der Waals surface area contributed by atoms with Crippen LogP contribution in [0.4, 0.5) is 0 Å². The minimum atomic E-state index is -1.15. The summed E-state index contributed by atoms with van der Waals surface area (Å²) in [7, 11) is 0. The van der Waals surface area contributed by atoms with E-state index >= 15 is 0 Å². The maximum atomic E-state index is 12.6. The molecule has 19 heavy (non-hydrogen) atoms. The molecule has 1 heterocycles. The molecular formula is C15H26O4. The Morgan fingerprint density at radius 3 is 2.21 bits per heavy atom. The fourth-order valence-electron chi connectivity index (χ4n) is 3.21. The van der Waals surface area contributed by atoms with Gasteiger partial charge < -0.3 is 14.6 Å². The summed E-state index contributed by atoms with van der Waals surface area (Å²) in [5, 5.41) is 10.5. The van der Waals surface area contributed by atoms with Gasteiger partial charge in [-0.2, -0.15) is 0 Å². The number of carbonyl (C=O) groups is 1. The van der Waals surface area contributed by atoms with Crippen molar-refractivity contribution in [3.05, 3.63) is 0 Å². The molecule has 2 aliphatic rings. The van der Waals surface area contributed by atoms with Crippen LogP contribution in [0.5, 0.6) is 0 Å². The zero-order valence-electron chi connectivity index (χ0n) is 12.5. The van der Waals surface area contributed by atoms with Crippen molar-refractivity contribution < 1.29 is 19.4 Å². The molecule has 0 aromatic carbocycles. The normalized spacial score (nSPS) is 38.3. The summed E-state index contributed by atoms with van der Waals surface area (Å²) in [6.07, 6.45) is 2.72. The zero-order chi connectivity index (χ0) is 14.3. The van der Waals surface area contributed by atoms with Gasteiger partial charge in [0.2, 0.25) is 0 Å². The molecule has 1 aliphatic carbocycles. The standard InChI is InChI=1S/C15H26O4/c1-11(2)15(17)8-6-13(3,12(15)16)5-7-14(4)18-9-10-19-14/h11,17H,5-10H2,1-4H3/t13-,15-/m0/s1. The quantitative estimate of drug-likeness (QED) is 0.851. The fraction of sp³-hybridized carbons (Fsp3) is 0.933. The molecule has 0 amide bonds. The van der Waals surface area contributed by atoms with Gasteiger partial charge in [0.15, 0.2) is 11.6 Å². The predicted octanol–water partition coefficient (Wildman–Crippen LogP) is 2.29. The van der Waals surface area contributed by atoms with E-state index in [1.54, 1.807) is 0 Å². The van der Waals surface area contributed by atoms with Crippen LogP contribution >= 0.6 is 0 Å². The lowest BCUT2D eigenvalue weighted by molar-refractivity contribution is -0.157. The first-order valence-electron chi connectivity index (χ1n) is 7.27. The Morgan fingerprint density at radius 2 is 1.74 bits per heavy atom. The van der Waals surface area contributed by atoms with Gasteiger partial charge in [0.05, 0.1) is 13.2 Å². The average Bonchev–Trinajstić information content (AvgIpc) is 2.88. The lowest BCUT2D eigenvalue weighted by Crippen LogP contribution is -2.44. The number of ketones is 1. The Labute approximate surface area is 115 Å². The predicted molar refractivity (Wildman–Crippen MR) is 71.7 cm³/mol. The highest BCUT2D eigenvalue weighted by atomic mass is 16.7. The number of aliphatic hydroxyl groups is 1. The lowest BCUT2D eigenvalue weighted by Gasteiger charge is -2.31. The highest BCUT2D eigenvalue weighted by Gasteiger charge is 2.55. The minimum absolute atomic E-state index is 0.00315. The molecule has 0 aromatic rings. The van der Waals surface area contributed by atoms with Crippen molar-refractivity contribution in [1.29, 1.82) is 0 Å². The molecule has 0 bridgehead atoms. The zero-order valence-corrected chi connectivity index (χ0v) is 12.5. The minimum Gasteiger partial charge on any atom is -0.382 e. The van der Waals surface area contributed by atoms with Crippen molar-refractivity contribution in [2.45, 2.75) is 64.8 Å². The molecule has 4 heteroatoms. The van der Waals surface area contributed by atoms with Crippen molar-refractivity contribution in [2.75, 3.05) is 13.2 Å². The van der Waals surface area contributed by atoms with Gasteiger partial charge in [-0.15, -0.1) is 0 Å². The fourth-order valence-corrected chi connectivity index (χ4v) is 3.21. The lowest BCUT2D eigenvalue weighted by atomic mass is 9.77. The SMILES string of the molecule is CC(C)[C@@]1(O)CC[C@](C)(CCC2(C)OCCO2)C1=O. The molecule has 2 rings (SSSR count). The van der Waals surface area contributed by atoms with Gasteiger partial charge in [0, 0.05) is 11.8 Å². The summed E-state index contributed by atoms with van der Waals surface area (Å²) >= 11 is 0. The van der Waals surface area contributed by atoms with Crippen LogP contribution in [0, 0.1) is 11.3 Å². The van der Waals surface area contributed by atoms with Gasteiger partial charge in [-0.1, -0.05) is 20.8 Å². The second kappa shape index (κ2) is 4.83. The number of Topliss-reactive ketones (excluding diaryl/α,β-unsaturated/α-hetero) is 1. The summed E-state index contributed by atoms with van der Waals surface area (Å²) in [5.41, 5.74) is -1.59. The molecule has 0 unspecified atom stereocenters. The van der Waals surface area contributed by atoms with Crippen LogP contribution in [-0.4, -0.2) is 35.5 Å². The number of rotatable bonds is 4. The Kier molecular flexibility index (Phi) is 3.80. The molecule has 2 fully saturated rings. The van der Waals surface area contributed by atoms with Crippen LogP contribution in [0.15, 0.2) is 0 Å². The Bertz CT molecular complexity index is 359. The summed E-state index contributed by atoms with van der Waals surface area (Å²) in [5.74, 6) is -0.588. The monoisotopic (exact) mass is 270 g/mol. The van der Waals surface area contributed by atoms with Gasteiger partial charge >= 0.3 is 0 Å². The molecular weight excluding hydrogens is 244 g/mol. The maximum absolute atomic E-state index is 12.6. The molecule has 0 spiro atoms. The van der Waals surface area contributed by atoms with Crippen molar-refractivity contribution >= 4 is 5.78 Å². The Hall–Kier alpha value is -0.450.